The fourth-order valence-electron chi connectivity index (χ4n) is 4.35. The lowest BCUT2D eigenvalue weighted by atomic mass is 9.91. The second-order valence-electron chi connectivity index (χ2n) is 7.76. The maximum atomic E-state index is 13.2. The van der Waals surface area contributed by atoms with Gasteiger partial charge in [-0.05, 0) is 43.0 Å². The molecule has 2 fully saturated rings. The number of amides is 1. The lowest BCUT2D eigenvalue weighted by Crippen LogP contribution is -2.50. The molecule has 2 atom stereocenters. The molecule has 0 radical (unpaired) electrons. The molecule has 2 aliphatic rings. The number of nitrogens with zero attached hydrogens (tertiary/aromatic N) is 4. The van der Waals surface area contributed by atoms with Crippen LogP contribution >= 0.6 is 0 Å². The number of likely N-dealkylation sites (tertiary alicyclic amines) is 1. The molecule has 162 valence electrons. The largest absolute Gasteiger partial charge is 0.483 e. The van der Waals surface area contributed by atoms with Gasteiger partial charge in [-0.3, -0.25) is 4.79 Å². The van der Waals surface area contributed by atoms with E-state index in [1.54, 1.807) is 35.4 Å². The quantitative estimate of drug-likeness (QED) is 0.741. The van der Waals surface area contributed by atoms with E-state index in [0.717, 1.165) is 19.4 Å². The number of benzene rings is 1. The van der Waals surface area contributed by atoms with Crippen LogP contribution in [-0.4, -0.2) is 54.3 Å². The minimum absolute atomic E-state index is 0.0439. The van der Waals surface area contributed by atoms with E-state index in [4.69, 9.17) is 10.00 Å². The van der Waals surface area contributed by atoms with E-state index >= 15 is 0 Å². The fraction of sp³-hybridized carbons (Fsp3) is 0.409. The molecule has 31 heavy (non-hydrogen) atoms. The molecule has 6 nitrogen and oxygen atoms in total. The average Bonchev–Trinajstić information content (AvgIpc) is 3.20. The normalized spacial score (nSPS) is 20.8. The van der Waals surface area contributed by atoms with Crippen LogP contribution in [0.2, 0.25) is 0 Å². The van der Waals surface area contributed by atoms with Gasteiger partial charge in [0, 0.05) is 25.8 Å². The van der Waals surface area contributed by atoms with E-state index in [9.17, 15) is 18.0 Å². The van der Waals surface area contributed by atoms with E-state index < -0.39 is 12.8 Å². The van der Waals surface area contributed by atoms with Crippen molar-refractivity contribution < 1.29 is 22.7 Å². The standard InChI is InChI=1S/C22H21F3N4O2/c23-22(24,25)14-31-19-4-2-1-3-17(19)21(30)28-9-6-16-7-10-29(18(16)13-28)20-11-15(12-26)5-8-27-20/h1-5,8,11,16,18H,6-7,9-10,13-14H2/t16-,18-/m0/s1. The number of carbonyl (C=O) groups is 1. The zero-order valence-corrected chi connectivity index (χ0v) is 16.7. The number of hydrogen-bond donors (Lipinski definition) is 0. The number of alkyl halides is 3. The number of fused-ring (bicyclic) bond motifs is 1. The Morgan fingerprint density at radius 1 is 1.23 bits per heavy atom. The van der Waals surface area contributed by atoms with E-state index in [1.165, 1.54) is 12.1 Å². The first-order chi connectivity index (χ1) is 14.9. The molecule has 0 spiro atoms. The van der Waals surface area contributed by atoms with Gasteiger partial charge in [0.25, 0.3) is 5.91 Å². The molecule has 0 aliphatic carbocycles. The number of aromatic nitrogens is 1. The maximum Gasteiger partial charge on any atom is 0.422 e. The second kappa shape index (κ2) is 8.46. The summed E-state index contributed by atoms with van der Waals surface area (Å²) >= 11 is 0. The lowest BCUT2D eigenvalue weighted by Gasteiger charge is -2.39. The van der Waals surface area contributed by atoms with Crippen molar-refractivity contribution in [1.82, 2.24) is 9.88 Å². The molecule has 0 bridgehead atoms. The van der Waals surface area contributed by atoms with E-state index in [2.05, 4.69) is 16.0 Å². The minimum atomic E-state index is -4.48. The number of nitriles is 1. The number of piperidine rings is 1. The van der Waals surface area contributed by atoms with Crippen LogP contribution in [0.15, 0.2) is 42.6 Å². The van der Waals surface area contributed by atoms with Gasteiger partial charge in [-0.25, -0.2) is 4.98 Å². The van der Waals surface area contributed by atoms with Crippen molar-refractivity contribution in [3.8, 4) is 11.8 Å². The first-order valence-electron chi connectivity index (χ1n) is 10.1. The van der Waals surface area contributed by atoms with Crippen molar-refractivity contribution in [2.75, 3.05) is 31.1 Å². The Hall–Kier alpha value is -3.28. The molecule has 2 aromatic rings. The van der Waals surface area contributed by atoms with Gasteiger partial charge in [-0.2, -0.15) is 18.4 Å². The smallest absolute Gasteiger partial charge is 0.422 e. The third-order valence-corrected chi connectivity index (χ3v) is 5.83. The molecule has 2 aliphatic heterocycles. The van der Waals surface area contributed by atoms with Crippen molar-refractivity contribution in [2.24, 2.45) is 5.92 Å². The number of rotatable bonds is 4. The summed E-state index contributed by atoms with van der Waals surface area (Å²) in [6.45, 7) is 0.309. The predicted octanol–water partition coefficient (Wildman–Crippen LogP) is 3.64. The second-order valence-corrected chi connectivity index (χ2v) is 7.76. The Morgan fingerprint density at radius 2 is 2.00 bits per heavy atom. The number of pyridine rings is 1. The number of hydrogen-bond acceptors (Lipinski definition) is 5. The highest BCUT2D eigenvalue weighted by Crippen LogP contribution is 2.35. The Labute approximate surface area is 177 Å². The van der Waals surface area contributed by atoms with Crippen molar-refractivity contribution in [3.05, 3.63) is 53.7 Å². The van der Waals surface area contributed by atoms with Crippen LogP contribution < -0.4 is 9.64 Å². The van der Waals surface area contributed by atoms with Crippen molar-refractivity contribution in [3.63, 3.8) is 0 Å². The fourth-order valence-corrected chi connectivity index (χ4v) is 4.35. The highest BCUT2D eigenvalue weighted by atomic mass is 19.4. The predicted molar refractivity (Wildman–Crippen MR) is 107 cm³/mol. The molecule has 0 saturated carbocycles. The van der Waals surface area contributed by atoms with E-state index in [1.807, 2.05) is 0 Å². The van der Waals surface area contributed by atoms with Gasteiger partial charge in [0.15, 0.2) is 6.61 Å². The molecule has 4 rings (SSSR count). The van der Waals surface area contributed by atoms with Crippen LogP contribution in [0.1, 0.15) is 28.8 Å². The molecule has 3 heterocycles. The van der Waals surface area contributed by atoms with Crippen LogP contribution in [0.25, 0.3) is 0 Å². The highest BCUT2D eigenvalue weighted by Gasteiger charge is 2.40. The molecule has 0 unspecified atom stereocenters. The summed E-state index contributed by atoms with van der Waals surface area (Å²) in [4.78, 5) is 21.4. The van der Waals surface area contributed by atoms with Gasteiger partial charge < -0.3 is 14.5 Å². The Morgan fingerprint density at radius 3 is 2.77 bits per heavy atom. The molecule has 2 saturated heterocycles. The van der Waals surface area contributed by atoms with E-state index in [0.29, 0.717) is 30.4 Å². The van der Waals surface area contributed by atoms with Crippen LogP contribution in [0, 0.1) is 17.2 Å². The summed E-state index contributed by atoms with van der Waals surface area (Å²) in [6.07, 6.45) is -1.11. The topological polar surface area (TPSA) is 69.5 Å². The minimum Gasteiger partial charge on any atom is -0.483 e. The Balaban J connectivity index is 1.52. The Bertz CT molecular complexity index is 1000. The Kier molecular flexibility index (Phi) is 5.72. The SMILES string of the molecule is N#Cc1ccnc(N2CC[C@@H]3CCN(C(=O)c4ccccc4OCC(F)(F)F)C[C@@H]32)c1. The number of halogens is 3. The van der Waals surface area contributed by atoms with Crippen LogP contribution in [0.5, 0.6) is 5.75 Å². The van der Waals surface area contributed by atoms with Gasteiger partial charge in [-0.15, -0.1) is 0 Å². The molecule has 9 heteroatoms. The summed E-state index contributed by atoms with van der Waals surface area (Å²) in [6, 6.07) is 11.6. The molecule has 1 aromatic heterocycles. The van der Waals surface area contributed by atoms with Crippen molar-refractivity contribution in [1.29, 1.82) is 5.26 Å². The molecule has 1 aromatic carbocycles. The van der Waals surface area contributed by atoms with Gasteiger partial charge >= 0.3 is 6.18 Å². The summed E-state index contributed by atoms with van der Waals surface area (Å²) < 4.78 is 42.6. The molecule has 0 N–H and O–H groups in total. The summed E-state index contributed by atoms with van der Waals surface area (Å²) in [7, 11) is 0. The third-order valence-electron chi connectivity index (χ3n) is 5.83. The summed E-state index contributed by atoms with van der Waals surface area (Å²) in [5, 5.41) is 9.17. The zero-order chi connectivity index (χ0) is 22.0. The number of anilines is 1. The van der Waals surface area contributed by atoms with Crippen LogP contribution in [-0.2, 0) is 0 Å². The summed E-state index contributed by atoms with van der Waals surface area (Å²) in [5.41, 5.74) is 0.646. The average molecular weight is 430 g/mol. The maximum absolute atomic E-state index is 13.2. The number of carbonyl (C=O) groups excluding carboxylic acids is 1. The van der Waals surface area contributed by atoms with Crippen LogP contribution in [0.3, 0.4) is 0 Å². The van der Waals surface area contributed by atoms with Crippen molar-refractivity contribution in [2.45, 2.75) is 25.1 Å². The number of para-hydroxylation sites is 1. The molecular formula is C22H21F3N4O2. The van der Waals surface area contributed by atoms with Gasteiger partial charge in [0.2, 0.25) is 0 Å². The zero-order valence-electron chi connectivity index (χ0n) is 16.7. The van der Waals surface area contributed by atoms with E-state index in [-0.39, 0.29) is 23.3 Å². The molecule has 1 amide bonds. The van der Waals surface area contributed by atoms with Crippen molar-refractivity contribution >= 4 is 11.7 Å². The van der Waals surface area contributed by atoms with Gasteiger partial charge in [0.05, 0.1) is 23.2 Å². The third kappa shape index (κ3) is 4.58. The van der Waals surface area contributed by atoms with Gasteiger partial charge in [0.1, 0.15) is 11.6 Å². The first-order valence-corrected chi connectivity index (χ1v) is 10.1. The summed E-state index contributed by atoms with van der Waals surface area (Å²) in [5.74, 6) is 0.684. The highest BCUT2D eigenvalue weighted by molar-refractivity contribution is 5.97. The monoisotopic (exact) mass is 430 g/mol. The van der Waals surface area contributed by atoms with Crippen LogP contribution in [0.4, 0.5) is 19.0 Å². The van der Waals surface area contributed by atoms with Gasteiger partial charge in [-0.1, -0.05) is 12.1 Å². The lowest BCUT2D eigenvalue weighted by molar-refractivity contribution is -0.153. The first kappa shape index (κ1) is 21.0. The number of ether oxygens (including phenoxy) is 1. The molecular weight excluding hydrogens is 409 g/mol.